The van der Waals surface area contributed by atoms with E-state index in [1.807, 2.05) is 36.4 Å². The Morgan fingerprint density at radius 1 is 0.967 bits per heavy atom. The Morgan fingerprint density at radius 2 is 1.73 bits per heavy atom. The van der Waals surface area contributed by atoms with Crippen LogP contribution in [-0.4, -0.2) is 55.4 Å². The summed E-state index contributed by atoms with van der Waals surface area (Å²) in [6.45, 7) is 8.93. The molecule has 5 heteroatoms. The number of aliphatic hydroxyl groups is 1. The highest BCUT2D eigenvalue weighted by Gasteiger charge is 2.20. The zero-order valence-electron chi connectivity index (χ0n) is 17.6. The van der Waals surface area contributed by atoms with E-state index < -0.39 is 6.10 Å². The van der Waals surface area contributed by atoms with Gasteiger partial charge in [-0.25, -0.2) is 0 Å². The van der Waals surface area contributed by atoms with E-state index in [0.717, 1.165) is 37.0 Å². The van der Waals surface area contributed by atoms with Crippen molar-refractivity contribution in [2.75, 3.05) is 44.2 Å². The molecule has 158 valence electrons. The molecule has 0 aromatic heterocycles. The molecule has 0 radical (unpaired) electrons. The molecule has 0 bridgehead atoms. The van der Waals surface area contributed by atoms with E-state index in [9.17, 15) is 5.11 Å². The summed E-state index contributed by atoms with van der Waals surface area (Å²) in [6.07, 6.45) is -0.555. The van der Waals surface area contributed by atoms with Crippen LogP contribution in [0, 0.1) is 13.8 Å². The van der Waals surface area contributed by atoms with Gasteiger partial charge in [0, 0.05) is 43.8 Å². The van der Waals surface area contributed by atoms with Crippen LogP contribution in [0.4, 0.5) is 5.69 Å². The Kier molecular flexibility index (Phi) is 6.47. The lowest BCUT2D eigenvalue weighted by atomic mass is 10.1. The van der Waals surface area contributed by atoms with Crippen LogP contribution in [0.5, 0.6) is 5.75 Å². The van der Waals surface area contributed by atoms with Crippen LogP contribution in [0.3, 0.4) is 0 Å². The van der Waals surface area contributed by atoms with Crippen LogP contribution >= 0.6 is 11.6 Å². The van der Waals surface area contributed by atoms with Crippen molar-refractivity contribution < 1.29 is 9.84 Å². The fourth-order valence-corrected chi connectivity index (χ4v) is 4.26. The molecule has 1 N–H and O–H groups in total. The van der Waals surface area contributed by atoms with E-state index in [1.54, 1.807) is 0 Å². The number of hydrogen-bond acceptors (Lipinski definition) is 4. The Hall–Kier alpha value is -2.27. The van der Waals surface area contributed by atoms with Gasteiger partial charge in [-0.2, -0.15) is 0 Å². The summed E-state index contributed by atoms with van der Waals surface area (Å²) in [5.74, 6) is 0.619. The van der Waals surface area contributed by atoms with Crippen LogP contribution < -0.4 is 9.64 Å². The largest absolute Gasteiger partial charge is 0.489 e. The van der Waals surface area contributed by atoms with Gasteiger partial charge in [0.1, 0.15) is 18.5 Å². The maximum atomic E-state index is 10.5. The highest BCUT2D eigenvalue weighted by molar-refractivity contribution is 6.37. The van der Waals surface area contributed by atoms with Crippen molar-refractivity contribution in [1.29, 1.82) is 0 Å². The molecule has 4 rings (SSSR count). The fraction of sp³-hybridized carbons (Fsp3) is 0.360. The third-order valence-corrected chi connectivity index (χ3v) is 6.35. The average Bonchev–Trinajstić information content (AvgIpc) is 2.76. The highest BCUT2D eigenvalue weighted by Crippen LogP contribution is 2.32. The van der Waals surface area contributed by atoms with Gasteiger partial charge in [-0.3, -0.25) is 4.90 Å². The summed E-state index contributed by atoms with van der Waals surface area (Å²) in [6, 6.07) is 18.5. The van der Waals surface area contributed by atoms with E-state index >= 15 is 0 Å². The topological polar surface area (TPSA) is 35.9 Å². The van der Waals surface area contributed by atoms with Crippen LogP contribution in [0.25, 0.3) is 10.8 Å². The Bertz CT molecular complexity index is 1020. The SMILES string of the molecule is Cc1ccc(N2CCN(C[C@@H](O)COc3ccc4ccccc4c3Cl)CC2)cc1C. The minimum atomic E-state index is -0.555. The van der Waals surface area contributed by atoms with Gasteiger partial charge in [-0.15, -0.1) is 0 Å². The van der Waals surface area contributed by atoms with Crippen molar-refractivity contribution >= 4 is 28.1 Å². The van der Waals surface area contributed by atoms with E-state index in [1.165, 1.54) is 16.8 Å². The quantitative estimate of drug-likeness (QED) is 0.623. The van der Waals surface area contributed by atoms with E-state index in [-0.39, 0.29) is 6.61 Å². The van der Waals surface area contributed by atoms with Gasteiger partial charge in [0.25, 0.3) is 0 Å². The van der Waals surface area contributed by atoms with Crippen LogP contribution in [0.15, 0.2) is 54.6 Å². The first-order chi connectivity index (χ1) is 14.5. The number of hydrogen-bond donors (Lipinski definition) is 1. The van der Waals surface area contributed by atoms with Crippen LogP contribution in [0.2, 0.25) is 5.02 Å². The second kappa shape index (κ2) is 9.25. The molecule has 4 nitrogen and oxygen atoms in total. The molecule has 3 aromatic carbocycles. The predicted octanol–water partition coefficient (Wildman–Crippen LogP) is 4.67. The van der Waals surface area contributed by atoms with E-state index in [2.05, 4.69) is 41.8 Å². The van der Waals surface area contributed by atoms with Gasteiger partial charge in [-0.1, -0.05) is 48.0 Å². The number of nitrogens with zero attached hydrogens (tertiary/aromatic N) is 2. The Morgan fingerprint density at radius 3 is 2.50 bits per heavy atom. The number of benzene rings is 3. The predicted molar refractivity (Wildman–Crippen MR) is 125 cm³/mol. The molecule has 0 saturated carbocycles. The van der Waals surface area contributed by atoms with Crippen LogP contribution in [0.1, 0.15) is 11.1 Å². The van der Waals surface area contributed by atoms with Gasteiger partial charge >= 0.3 is 0 Å². The van der Waals surface area contributed by atoms with E-state index in [0.29, 0.717) is 17.3 Å². The molecule has 1 fully saturated rings. The number of piperazine rings is 1. The summed E-state index contributed by atoms with van der Waals surface area (Å²) >= 11 is 6.49. The fourth-order valence-electron chi connectivity index (χ4n) is 3.97. The minimum Gasteiger partial charge on any atom is -0.489 e. The van der Waals surface area contributed by atoms with Crippen molar-refractivity contribution in [3.63, 3.8) is 0 Å². The molecule has 30 heavy (non-hydrogen) atoms. The summed E-state index contributed by atoms with van der Waals surface area (Å²) in [5, 5.41) is 13.1. The number of β-amino-alcohol motifs (C(OH)–C–C–N with tert-alkyl or cyclic N) is 1. The summed E-state index contributed by atoms with van der Waals surface area (Å²) in [5.41, 5.74) is 3.94. The molecule has 3 aromatic rings. The molecular formula is C25H29ClN2O2. The normalized spacial score (nSPS) is 16.1. The Balaban J connectivity index is 1.27. The van der Waals surface area contributed by atoms with Crippen molar-refractivity contribution in [2.24, 2.45) is 0 Å². The molecule has 0 amide bonds. The van der Waals surface area contributed by atoms with Crippen molar-refractivity contribution in [1.82, 2.24) is 4.90 Å². The van der Waals surface area contributed by atoms with Crippen molar-refractivity contribution in [3.8, 4) is 5.75 Å². The second-order valence-corrected chi connectivity index (χ2v) is 8.50. The van der Waals surface area contributed by atoms with Gasteiger partial charge in [0.2, 0.25) is 0 Å². The maximum Gasteiger partial charge on any atom is 0.138 e. The summed E-state index contributed by atoms with van der Waals surface area (Å²) in [7, 11) is 0. The van der Waals surface area contributed by atoms with Gasteiger partial charge in [0.05, 0.1) is 5.02 Å². The molecular weight excluding hydrogens is 396 g/mol. The number of aliphatic hydroxyl groups excluding tert-OH is 1. The minimum absolute atomic E-state index is 0.232. The summed E-state index contributed by atoms with van der Waals surface area (Å²) in [4.78, 5) is 4.72. The van der Waals surface area contributed by atoms with Gasteiger partial charge in [-0.05, 0) is 48.6 Å². The Labute approximate surface area is 183 Å². The lowest BCUT2D eigenvalue weighted by molar-refractivity contribution is 0.0664. The molecule has 1 saturated heterocycles. The summed E-state index contributed by atoms with van der Waals surface area (Å²) < 4.78 is 5.84. The number of ether oxygens (including phenoxy) is 1. The van der Waals surface area contributed by atoms with Gasteiger partial charge < -0.3 is 14.7 Å². The first-order valence-corrected chi connectivity index (χ1v) is 10.9. The lowest BCUT2D eigenvalue weighted by Crippen LogP contribution is -2.49. The molecule has 1 aliphatic rings. The number of rotatable bonds is 6. The molecule has 1 heterocycles. The average molecular weight is 425 g/mol. The van der Waals surface area contributed by atoms with Crippen molar-refractivity contribution in [2.45, 2.75) is 20.0 Å². The first kappa shape index (κ1) is 21.0. The number of anilines is 1. The molecule has 0 spiro atoms. The first-order valence-electron chi connectivity index (χ1n) is 10.5. The standard InChI is InChI=1S/C25H29ClN2O2/c1-18-7-9-21(15-19(18)2)28-13-11-27(12-14-28)16-22(29)17-30-24-10-8-20-5-3-4-6-23(20)25(24)26/h3-10,15,22,29H,11-14,16-17H2,1-2H3/t22-/m1/s1. The second-order valence-electron chi connectivity index (χ2n) is 8.12. The third-order valence-electron chi connectivity index (χ3n) is 5.96. The number of fused-ring (bicyclic) bond motifs is 1. The maximum absolute atomic E-state index is 10.5. The third kappa shape index (κ3) is 4.72. The molecule has 0 aliphatic carbocycles. The lowest BCUT2D eigenvalue weighted by Gasteiger charge is -2.37. The monoisotopic (exact) mass is 424 g/mol. The zero-order chi connectivity index (χ0) is 21.1. The zero-order valence-corrected chi connectivity index (χ0v) is 18.4. The van der Waals surface area contributed by atoms with Gasteiger partial charge in [0.15, 0.2) is 0 Å². The smallest absolute Gasteiger partial charge is 0.138 e. The van der Waals surface area contributed by atoms with Crippen LogP contribution in [-0.2, 0) is 0 Å². The number of halogens is 1. The number of aryl methyl sites for hydroxylation is 2. The molecule has 1 atom stereocenters. The highest BCUT2D eigenvalue weighted by atomic mass is 35.5. The van der Waals surface area contributed by atoms with Crippen molar-refractivity contribution in [3.05, 3.63) is 70.7 Å². The van der Waals surface area contributed by atoms with E-state index in [4.69, 9.17) is 16.3 Å². The molecule has 0 unspecified atom stereocenters. The molecule has 1 aliphatic heterocycles.